The van der Waals surface area contributed by atoms with E-state index in [-0.39, 0.29) is 5.92 Å². The van der Waals surface area contributed by atoms with Crippen LogP contribution in [0.1, 0.15) is 35.7 Å². The van der Waals surface area contributed by atoms with Gasteiger partial charge < -0.3 is 24.8 Å². The van der Waals surface area contributed by atoms with Crippen LogP contribution < -0.4 is 10.5 Å². The van der Waals surface area contributed by atoms with E-state index in [2.05, 4.69) is 9.97 Å². The van der Waals surface area contributed by atoms with Crippen molar-refractivity contribution in [3.63, 3.8) is 0 Å². The van der Waals surface area contributed by atoms with Crippen LogP contribution in [-0.4, -0.2) is 57.2 Å². The van der Waals surface area contributed by atoms with E-state index in [0.29, 0.717) is 39.3 Å². The number of carbonyl (C=O) groups excluding carboxylic acids is 2. The highest BCUT2D eigenvalue weighted by Crippen LogP contribution is 2.48. The summed E-state index contributed by atoms with van der Waals surface area (Å²) < 4.78 is 12.4. The Morgan fingerprint density at radius 3 is 2.28 bits per heavy atom. The predicted octanol–water partition coefficient (Wildman–Crippen LogP) is 2.20. The van der Waals surface area contributed by atoms with Crippen molar-refractivity contribution >= 4 is 11.9 Å². The number of nitrogens with two attached hydrogens (primary N) is 1. The molecule has 9 heteroatoms. The van der Waals surface area contributed by atoms with Crippen LogP contribution in [0.3, 0.4) is 0 Å². The first-order valence-corrected chi connectivity index (χ1v) is 12.1. The summed E-state index contributed by atoms with van der Waals surface area (Å²) in [5.41, 5.74) is 5.12. The molecule has 0 spiro atoms. The van der Waals surface area contributed by atoms with E-state index in [1.807, 2.05) is 0 Å². The minimum Gasteiger partial charge on any atom is -0.457 e. The number of amides is 1. The molecule has 0 aliphatic carbocycles. The number of nitrogens with zero attached hydrogens (tertiary/aromatic N) is 3. The lowest BCUT2D eigenvalue weighted by Crippen LogP contribution is -2.67. The number of hydrogen-bond donors (Lipinski definition) is 2. The van der Waals surface area contributed by atoms with Crippen LogP contribution in [0.4, 0.5) is 0 Å². The molecular formula is C27H27N4O5+. The lowest BCUT2D eigenvalue weighted by molar-refractivity contribution is -0.965. The summed E-state index contributed by atoms with van der Waals surface area (Å²) in [5.74, 6) is -0.261. The minimum absolute atomic E-state index is 0.141. The topological polar surface area (TPSA) is 125 Å². The number of fused-ring (bicyclic) bond motifs is 5. The summed E-state index contributed by atoms with van der Waals surface area (Å²) in [6.07, 6.45) is 4.09. The number of benzene rings is 2. The van der Waals surface area contributed by atoms with Crippen molar-refractivity contribution in [2.45, 2.75) is 30.6 Å². The number of primary amides is 1. The molecule has 2 aromatic carbocycles. The van der Waals surface area contributed by atoms with Crippen LogP contribution >= 0.6 is 0 Å². The Balaban J connectivity index is 1.34. The first-order chi connectivity index (χ1) is 17.4. The van der Waals surface area contributed by atoms with Crippen LogP contribution in [0, 0.1) is 5.92 Å². The maximum Gasteiger partial charge on any atom is 0.348 e. The summed E-state index contributed by atoms with van der Waals surface area (Å²) in [7, 11) is 0. The monoisotopic (exact) mass is 487 g/mol. The molecule has 5 heterocycles. The Morgan fingerprint density at radius 1 is 1.06 bits per heavy atom. The zero-order valence-electron chi connectivity index (χ0n) is 19.6. The highest BCUT2D eigenvalue weighted by atomic mass is 16.6. The van der Waals surface area contributed by atoms with Gasteiger partial charge in [0.25, 0.3) is 5.91 Å². The van der Waals surface area contributed by atoms with Gasteiger partial charge in [-0.05, 0) is 18.2 Å². The van der Waals surface area contributed by atoms with E-state index >= 15 is 0 Å². The number of aliphatic hydroxyl groups is 1. The second-order valence-electron chi connectivity index (χ2n) is 9.87. The van der Waals surface area contributed by atoms with Crippen LogP contribution in [0.2, 0.25) is 0 Å². The van der Waals surface area contributed by atoms with Gasteiger partial charge in [-0.15, -0.1) is 0 Å². The van der Waals surface area contributed by atoms with Gasteiger partial charge in [0.15, 0.2) is 6.10 Å². The first-order valence-electron chi connectivity index (χ1n) is 12.1. The second-order valence-corrected chi connectivity index (χ2v) is 9.87. The summed E-state index contributed by atoms with van der Waals surface area (Å²) in [4.78, 5) is 34.8. The van der Waals surface area contributed by atoms with Gasteiger partial charge >= 0.3 is 5.97 Å². The third-order valence-corrected chi connectivity index (χ3v) is 7.99. The highest BCUT2D eigenvalue weighted by molar-refractivity contribution is 5.88. The number of quaternary nitrogens is 1. The van der Waals surface area contributed by atoms with E-state index in [4.69, 9.17) is 15.2 Å². The standard InChI is InChI=1S/C27H26N4O5/c28-25(32)24(20-9-12-29-16-30-20)31-13-10-17(11-14-31)23(15-31)36-26(33)27(34)18-5-1-3-7-21(18)35-22-8-4-2-6-19(22)27/h1-9,12,16-17,23-24,34H,10-11,13-15H2,(H-,28,32)/p+1/t17?,23-,24?,31?/m0/s1. The molecule has 0 saturated carbocycles. The van der Waals surface area contributed by atoms with E-state index in [0.717, 1.165) is 25.9 Å². The molecule has 0 radical (unpaired) electrons. The molecule has 1 unspecified atom stereocenters. The molecule has 1 amide bonds. The fourth-order valence-electron chi connectivity index (χ4n) is 6.24. The summed E-state index contributed by atoms with van der Waals surface area (Å²) in [6.45, 7) is 1.89. The number of hydrogen-bond acceptors (Lipinski definition) is 7. The maximum absolute atomic E-state index is 13.8. The Labute approximate surface area is 208 Å². The van der Waals surface area contributed by atoms with E-state index in [1.165, 1.54) is 6.33 Å². The minimum atomic E-state index is -2.02. The fourth-order valence-corrected chi connectivity index (χ4v) is 6.24. The van der Waals surface area contributed by atoms with Crippen LogP contribution in [-0.2, 0) is 19.9 Å². The average Bonchev–Trinajstić information content (AvgIpc) is 2.90. The molecular weight excluding hydrogens is 460 g/mol. The quantitative estimate of drug-likeness (QED) is 0.418. The SMILES string of the molecule is NC(=O)C(c1ccncn1)[N+]12CCC(CC1)[C@@H](OC(=O)C1(O)c3ccccc3Oc3ccccc31)C2. The average molecular weight is 488 g/mol. The third kappa shape index (κ3) is 3.38. The van der Waals surface area contributed by atoms with E-state index < -0.39 is 29.6 Å². The molecule has 4 aliphatic heterocycles. The molecule has 3 saturated heterocycles. The van der Waals surface area contributed by atoms with Crippen LogP contribution in [0.5, 0.6) is 11.5 Å². The number of piperidine rings is 3. The second kappa shape index (κ2) is 8.39. The molecule has 3 fully saturated rings. The van der Waals surface area contributed by atoms with Crippen molar-refractivity contribution in [3.8, 4) is 11.5 Å². The van der Waals surface area contributed by atoms with Crippen molar-refractivity contribution < 1.29 is 28.7 Å². The number of rotatable bonds is 5. The lowest BCUT2D eigenvalue weighted by atomic mass is 9.80. The number of carbonyl (C=O) groups is 2. The summed E-state index contributed by atoms with van der Waals surface area (Å²) >= 11 is 0. The number of aromatic nitrogens is 2. The molecule has 3 N–H and O–H groups in total. The van der Waals surface area contributed by atoms with Crippen molar-refractivity contribution in [1.82, 2.24) is 9.97 Å². The van der Waals surface area contributed by atoms with Crippen molar-refractivity contribution in [2.75, 3.05) is 19.6 Å². The first kappa shape index (κ1) is 22.6. The predicted molar refractivity (Wildman–Crippen MR) is 127 cm³/mol. The van der Waals surface area contributed by atoms with Gasteiger partial charge in [-0.2, -0.15) is 0 Å². The smallest absolute Gasteiger partial charge is 0.348 e. The van der Waals surface area contributed by atoms with Gasteiger partial charge in [0.1, 0.15) is 30.1 Å². The normalized spacial score (nSPS) is 26.1. The highest BCUT2D eigenvalue weighted by Gasteiger charge is 2.56. The van der Waals surface area contributed by atoms with Crippen LogP contribution in [0.15, 0.2) is 67.1 Å². The molecule has 1 aromatic heterocycles. The Morgan fingerprint density at radius 2 is 1.69 bits per heavy atom. The van der Waals surface area contributed by atoms with Gasteiger partial charge in [0, 0.05) is 36.1 Å². The van der Waals surface area contributed by atoms with Gasteiger partial charge in [-0.25, -0.2) is 14.8 Å². The van der Waals surface area contributed by atoms with Crippen LogP contribution in [0.25, 0.3) is 0 Å². The molecule has 2 bridgehead atoms. The zero-order valence-corrected chi connectivity index (χ0v) is 19.6. The van der Waals surface area contributed by atoms with Crippen molar-refractivity contribution in [3.05, 3.63) is 83.9 Å². The largest absolute Gasteiger partial charge is 0.457 e. The zero-order chi connectivity index (χ0) is 24.9. The number of para-hydroxylation sites is 2. The lowest BCUT2D eigenvalue weighted by Gasteiger charge is -2.54. The number of esters is 1. The Bertz CT molecular complexity index is 1280. The van der Waals surface area contributed by atoms with E-state index in [9.17, 15) is 14.7 Å². The third-order valence-electron chi connectivity index (χ3n) is 7.99. The fraction of sp³-hybridized carbons (Fsp3) is 0.333. The molecule has 36 heavy (non-hydrogen) atoms. The molecule has 184 valence electrons. The Hall–Kier alpha value is -3.82. The van der Waals surface area contributed by atoms with Gasteiger partial charge in [-0.3, -0.25) is 4.79 Å². The summed E-state index contributed by atoms with van der Waals surface area (Å²) in [6, 6.07) is 14.9. The molecule has 9 nitrogen and oxygen atoms in total. The van der Waals surface area contributed by atoms with Crippen molar-refractivity contribution in [2.24, 2.45) is 11.7 Å². The molecule has 2 atom stereocenters. The molecule has 4 aliphatic rings. The maximum atomic E-state index is 13.8. The molecule has 3 aromatic rings. The Kier molecular flexibility index (Phi) is 5.27. The van der Waals surface area contributed by atoms with E-state index in [1.54, 1.807) is 60.8 Å². The number of ether oxygens (including phenoxy) is 2. The molecule has 7 rings (SSSR count). The summed E-state index contributed by atoms with van der Waals surface area (Å²) in [5, 5.41) is 11.9. The van der Waals surface area contributed by atoms with Crippen molar-refractivity contribution in [1.29, 1.82) is 0 Å². The van der Waals surface area contributed by atoms with Gasteiger partial charge in [0.2, 0.25) is 11.6 Å². The van der Waals surface area contributed by atoms with Gasteiger partial charge in [-0.1, -0.05) is 36.4 Å². The van der Waals surface area contributed by atoms with Gasteiger partial charge in [0.05, 0.1) is 13.1 Å².